The largest absolute Gasteiger partial charge is 0.354 e. The topological polar surface area (TPSA) is 49.4 Å². The molecule has 0 aliphatic carbocycles. The lowest BCUT2D eigenvalue weighted by molar-refractivity contribution is -0.131. The molecule has 1 heterocycles. The summed E-state index contributed by atoms with van der Waals surface area (Å²) in [6, 6.07) is 13.8. The summed E-state index contributed by atoms with van der Waals surface area (Å²) >= 11 is 1.26. The van der Waals surface area contributed by atoms with E-state index in [1.165, 1.54) is 28.8 Å². The van der Waals surface area contributed by atoms with Crippen LogP contribution in [0.15, 0.2) is 53.4 Å². The van der Waals surface area contributed by atoms with Crippen LogP contribution in [0.1, 0.15) is 12.5 Å². The molecule has 3 rings (SSSR count). The van der Waals surface area contributed by atoms with Crippen molar-refractivity contribution in [2.45, 2.75) is 23.0 Å². The summed E-state index contributed by atoms with van der Waals surface area (Å²) in [5.74, 6) is -0.883. The third-order valence-electron chi connectivity index (χ3n) is 4.27. The minimum absolute atomic E-state index is 0.251. The number of halogens is 1. The third kappa shape index (κ3) is 3.39. The number of hydrogen-bond acceptors (Lipinski definition) is 3. The molecule has 1 aliphatic heterocycles. The number of nitrogens with one attached hydrogen (secondary N) is 1. The van der Waals surface area contributed by atoms with Crippen LogP contribution in [0.2, 0.25) is 0 Å². The van der Waals surface area contributed by atoms with Gasteiger partial charge in [-0.1, -0.05) is 36.0 Å². The Balaban J connectivity index is 1.70. The molecule has 0 aromatic heterocycles. The number of benzene rings is 2. The molecule has 0 saturated heterocycles. The highest BCUT2D eigenvalue weighted by atomic mass is 32.2. The van der Waals surface area contributed by atoms with Crippen LogP contribution in [-0.2, 0) is 16.0 Å². The maximum atomic E-state index is 13.2. The Labute approximate surface area is 150 Å². The van der Waals surface area contributed by atoms with Crippen molar-refractivity contribution in [1.82, 2.24) is 5.32 Å². The predicted octanol–water partition coefficient (Wildman–Crippen LogP) is 3.01. The van der Waals surface area contributed by atoms with Gasteiger partial charge in [0.25, 0.3) is 5.91 Å². The highest BCUT2D eigenvalue weighted by molar-refractivity contribution is 8.02. The van der Waals surface area contributed by atoms with Gasteiger partial charge in [0.05, 0.1) is 5.69 Å². The van der Waals surface area contributed by atoms with Crippen LogP contribution in [0.3, 0.4) is 0 Å². The molecule has 1 N–H and O–H groups in total. The second kappa shape index (κ2) is 6.88. The number of hydrogen-bond donors (Lipinski definition) is 1. The highest BCUT2D eigenvalue weighted by Crippen LogP contribution is 2.44. The molecule has 1 unspecified atom stereocenters. The first-order chi connectivity index (χ1) is 11.9. The number of para-hydroxylation sites is 1. The monoisotopic (exact) mass is 358 g/mol. The van der Waals surface area contributed by atoms with Crippen LogP contribution in [0.4, 0.5) is 10.1 Å². The maximum Gasteiger partial charge on any atom is 0.252 e. The standard InChI is InChI=1S/C19H19FN2O2S/c1-19(17(23)21-11-10-13-6-5-7-14(20)12-13)18(24)22(2)15-8-3-4-9-16(15)25-19/h3-9,12H,10-11H2,1-2H3,(H,21,23). The molecule has 2 amide bonds. The van der Waals surface area contributed by atoms with Crippen molar-refractivity contribution in [2.75, 3.05) is 18.5 Å². The first kappa shape index (κ1) is 17.5. The molecule has 4 nitrogen and oxygen atoms in total. The van der Waals surface area contributed by atoms with Crippen LogP contribution < -0.4 is 10.2 Å². The summed E-state index contributed by atoms with van der Waals surface area (Å²) in [7, 11) is 1.68. The van der Waals surface area contributed by atoms with E-state index in [9.17, 15) is 14.0 Å². The Morgan fingerprint density at radius 2 is 2.00 bits per heavy atom. The van der Waals surface area contributed by atoms with Crippen molar-refractivity contribution in [2.24, 2.45) is 0 Å². The quantitative estimate of drug-likeness (QED) is 0.855. The number of rotatable bonds is 4. The number of anilines is 1. The fourth-order valence-electron chi connectivity index (χ4n) is 2.84. The second-order valence-corrected chi connectivity index (χ2v) is 7.56. The Morgan fingerprint density at radius 3 is 2.76 bits per heavy atom. The number of thioether (sulfide) groups is 1. The first-order valence-electron chi connectivity index (χ1n) is 8.01. The number of carbonyl (C=O) groups is 2. The Kier molecular flexibility index (Phi) is 4.81. The molecule has 0 bridgehead atoms. The molecular formula is C19H19FN2O2S. The number of fused-ring (bicyclic) bond motifs is 1. The first-order valence-corrected chi connectivity index (χ1v) is 8.82. The molecule has 2 aromatic carbocycles. The van der Waals surface area contributed by atoms with Crippen LogP contribution in [0.25, 0.3) is 0 Å². The van der Waals surface area contributed by atoms with Gasteiger partial charge in [0.15, 0.2) is 4.75 Å². The molecule has 2 aromatic rings. The van der Waals surface area contributed by atoms with Gasteiger partial charge in [-0.15, -0.1) is 0 Å². The molecule has 25 heavy (non-hydrogen) atoms. The number of carbonyl (C=O) groups excluding carboxylic acids is 2. The maximum absolute atomic E-state index is 13.2. The highest BCUT2D eigenvalue weighted by Gasteiger charge is 2.48. The predicted molar refractivity (Wildman–Crippen MR) is 97.2 cm³/mol. The smallest absolute Gasteiger partial charge is 0.252 e. The van der Waals surface area contributed by atoms with Gasteiger partial charge in [0.2, 0.25) is 5.91 Å². The van der Waals surface area contributed by atoms with E-state index in [1.54, 1.807) is 20.0 Å². The van der Waals surface area contributed by atoms with Gasteiger partial charge in [-0.2, -0.15) is 0 Å². The molecule has 130 valence electrons. The fourth-order valence-corrected chi connectivity index (χ4v) is 4.12. The SMILES string of the molecule is CN1C(=O)C(C)(C(=O)NCCc2cccc(F)c2)Sc2ccccc21. The summed E-state index contributed by atoms with van der Waals surface area (Å²) in [5.41, 5.74) is 1.61. The molecule has 1 atom stereocenters. The Bertz CT molecular complexity index is 827. The van der Waals surface area contributed by atoms with Crippen molar-refractivity contribution in [1.29, 1.82) is 0 Å². The number of amides is 2. The van der Waals surface area contributed by atoms with Crippen LogP contribution in [-0.4, -0.2) is 30.2 Å². The summed E-state index contributed by atoms with van der Waals surface area (Å²) in [6.07, 6.45) is 0.505. The van der Waals surface area contributed by atoms with Crippen LogP contribution in [0, 0.1) is 5.82 Å². The lowest BCUT2D eigenvalue weighted by Crippen LogP contribution is -2.55. The molecular weight excluding hydrogens is 339 g/mol. The van der Waals surface area contributed by atoms with E-state index in [1.807, 2.05) is 30.3 Å². The lowest BCUT2D eigenvalue weighted by Gasteiger charge is -2.36. The van der Waals surface area contributed by atoms with Crippen molar-refractivity contribution in [3.8, 4) is 0 Å². The van der Waals surface area contributed by atoms with Gasteiger partial charge in [0, 0.05) is 18.5 Å². The average Bonchev–Trinajstić information content (AvgIpc) is 2.60. The fraction of sp³-hybridized carbons (Fsp3) is 0.263. The normalized spacial score (nSPS) is 19.5. The molecule has 6 heteroatoms. The lowest BCUT2D eigenvalue weighted by atomic mass is 10.1. The molecule has 0 radical (unpaired) electrons. The average molecular weight is 358 g/mol. The number of nitrogens with zero attached hydrogens (tertiary/aromatic N) is 1. The Hall–Kier alpha value is -2.34. The zero-order valence-corrected chi connectivity index (χ0v) is 14.9. The molecule has 0 fully saturated rings. The van der Waals surface area contributed by atoms with E-state index < -0.39 is 4.75 Å². The van der Waals surface area contributed by atoms with Crippen LogP contribution >= 0.6 is 11.8 Å². The van der Waals surface area contributed by atoms with E-state index in [0.717, 1.165) is 16.1 Å². The van der Waals surface area contributed by atoms with Gasteiger partial charge in [-0.3, -0.25) is 9.59 Å². The van der Waals surface area contributed by atoms with Gasteiger partial charge in [-0.05, 0) is 43.2 Å². The van der Waals surface area contributed by atoms with E-state index in [4.69, 9.17) is 0 Å². The minimum atomic E-state index is -1.22. The summed E-state index contributed by atoms with van der Waals surface area (Å²) in [6.45, 7) is 1.99. The second-order valence-electron chi connectivity index (χ2n) is 6.10. The molecule has 0 saturated carbocycles. The van der Waals surface area contributed by atoms with E-state index >= 15 is 0 Å². The third-order valence-corrected chi connectivity index (χ3v) is 5.61. The zero-order valence-electron chi connectivity index (χ0n) is 14.1. The van der Waals surface area contributed by atoms with Crippen molar-refractivity contribution >= 4 is 29.3 Å². The zero-order chi connectivity index (χ0) is 18.0. The van der Waals surface area contributed by atoms with Gasteiger partial charge >= 0.3 is 0 Å². The van der Waals surface area contributed by atoms with Gasteiger partial charge in [0.1, 0.15) is 5.82 Å². The van der Waals surface area contributed by atoms with E-state index in [0.29, 0.717) is 13.0 Å². The summed E-state index contributed by atoms with van der Waals surface area (Å²) in [4.78, 5) is 27.8. The van der Waals surface area contributed by atoms with Crippen molar-refractivity contribution in [3.05, 3.63) is 59.9 Å². The van der Waals surface area contributed by atoms with Crippen molar-refractivity contribution in [3.63, 3.8) is 0 Å². The van der Waals surface area contributed by atoms with E-state index in [2.05, 4.69) is 5.32 Å². The van der Waals surface area contributed by atoms with Crippen LogP contribution in [0.5, 0.6) is 0 Å². The molecule has 0 spiro atoms. The van der Waals surface area contributed by atoms with Gasteiger partial charge in [-0.25, -0.2) is 4.39 Å². The van der Waals surface area contributed by atoms with Crippen molar-refractivity contribution < 1.29 is 14.0 Å². The van der Waals surface area contributed by atoms with E-state index in [-0.39, 0.29) is 17.6 Å². The summed E-state index contributed by atoms with van der Waals surface area (Å²) < 4.78 is 12.0. The Morgan fingerprint density at radius 1 is 1.24 bits per heavy atom. The summed E-state index contributed by atoms with van der Waals surface area (Å²) in [5, 5.41) is 2.81. The minimum Gasteiger partial charge on any atom is -0.354 e. The van der Waals surface area contributed by atoms with Gasteiger partial charge < -0.3 is 10.2 Å². The molecule has 1 aliphatic rings.